The van der Waals surface area contributed by atoms with E-state index in [1.165, 1.54) is 97.7 Å². The van der Waals surface area contributed by atoms with Crippen molar-refractivity contribution in [3.05, 3.63) is 213 Å². The molecule has 0 bridgehead atoms. The van der Waals surface area contributed by atoms with Gasteiger partial charge in [0.25, 0.3) is 0 Å². The Labute approximate surface area is 405 Å². The van der Waals surface area contributed by atoms with Crippen molar-refractivity contribution in [1.82, 2.24) is 0 Å². The molecule has 0 aliphatic heterocycles. The topological polar surface area (TPSA) is 9.23 Å². The van der Waals surface area contributed by atoms with Gasteiger partial charge < -0.3 is 19.1 Å². The molecule has 2 radical (unpaired) electrons. The Hall–Kier alpha value is -5.21. The van der Waals surface area contributed by atoms with Gasteiger partial charge in [0.05, 0.1) is 7.11 Å². The van der Waals surface area contributed by atoms with Crippen LogP contribution in [0.25, 0.3) is 66.9 Å². The summed E-state index contributed by atoms with van der Waals surface area (Å²) in [5.74, 6) is 0.894. The monoisotopic (exact) mass is 928 g/mol. The first kappa shape index (κ1) is 48.3. The predicted molar refractivity (Wildman–Crippen MR) is 277 cm³/mol. The summed E-state index contributed by atoms with van der Waals surface area (Å²) >= 11 is 0. The van der Waals surface area contributed by atoms with E-state index in [4.69, 9.17) is 11.7 Å². The maximum Gasteiger partial charge on any atom is 3.00 e. The fourth-order valence-corrected chi connectivity index (χ4v) is 11.4. The zero-order chi connectivity index (χ0) is 43.1. The molecule has 0 amide bonds. The molecule has 1 aliphatic rings. The molecular formula is C61H62OSiZr. The van der Waals surface area contributed by atoms with E-state index < -0.39 is 8.80 Å². The maximum absolute atomic E-state index is 5.92. The molecule has 1 atom stereocenters. The molecule has 0 heterocycles. The first-order chi connectivity index (χ1) is 30.4. The first-order valence-corrected chi connectivity index (χ1v) is 25.0. The van der Waals surface area contributed by atoms with Gasteiger partial charge in [-0.1, -0.05) is 233 Å². The molecule has 3 heteroatoms. The minimum atomic E-state index is -0.577. The number of hydrogen-bond acceptors (Lipinski definition) is 1. The predicted octanol–water partition coefficient (Wildman–Crippen LogP) is 16.5. The summed E-state index contributed by atoms with van der Waals surface area (Å²) in [5, 5.41) is 4.37. The molecule has 8 aromatic carbocycles. The van der Waals surface area contributed by atoms with Crippen LogP contribution in [0.15, 0.2) is 176 Å². The third kappa shape index (κ3) is 9.73. The summed E-state index contributed by atoms with van der Waals surface area (Å²) in [5.41, 5.74) is 16.5. The maximum atomic E-state index is 5.92. The Bertz CT molecular complexity index is 2780. The SMILES string of the molecule is CCc1cc2c(-c3ccc(OC)c(-c4ccccc4)c3-c3ccccc3)cccc2[c-]1[Si](C)C.[CH2-]C1(CCCCCC)C(c2ccccc2-c2ccccc2)=Cc2ccccc21.[CH3-].[Zr+3]. The van der Waals surface area contributed by atoms with Crippen molar-refractivity contribution in [2.75, 3.05) is 7.11 Å². The number of hydrogen-bond donors (Lipinski definition) is 0. The van der Waals surface area contributed by atoms with Gasteiger partial charge in [0.2, 0.25) is 0 Å². The molecule has 9 rings (SSSR count). The normalized spacial score (nSPS) is 13.9. The van der Waals surface area contributed by atoms with Crippen LogP contribution in [-0.4, -0.2) is 15.9 Å². The van der Waals surface area contributed by atoms with E-state index in [0.717, 1.165) is 29.7 Å². The Balaban J connectivity index is 0.000000210. The van der Waals surface area contributed by atoms with Gasteiger partial charge in [-0.3, -0.25) is 0 Å². The van der Waals surface area contributed by atoms with Gasteiger partial charge >= 0.3 is 26.2 Å². The summed E-state index contributed by atoms with van der Waals surface area (Å²) < 4.78 is 5.92. The molecular weight excluding hydrogens is 868 g/mol. The van der Waals surface area contributed by atoms with Gasteiger partial charge in [-0.25, -0.2) is 0 Å². The second-order valence-corrected chi connectivity index (χ2v) is 19.4. The first-order valence-electron chi connectivity index (χ1n) is 22.5. The number of methoxy groups -OCH3 is 1. The molecule has 1 aliphatic carbocycles. The number of ether oxygens (including phenoxy) is 1. The molecule has 0 fully saturated rings. The Morgan fingerprint density at radius 2 is 1.16 bits per heavy atom. The van der Waals surface area contributed by atoms with Crippen LogP contribution in [0, 0.1) is 14.4 Å². The van der Waals surface area contributed by atoms with Crippen molar-refractivity contribution < 1.29 is 30.9 Å². The van der Waals surface area contributed by atoms with Crippen molar-refractivity contribution in [1.29, 1.82) is 0 Å². The van der Waals surface area contributed by atoms with E-state index in [0.29, 0.717) is 0 Å². The number of unbranched alkanes of at least 4 members (excludes halogenated alkanes) is 3. The largest absolute Gasteiger partial charge is 3.00 e. The van der Waals surface area contributed by atoms with Crippen LogP contribution < -0.4 is 9.92 Å². The van der Waals surface area contributed by atoms with Crippen LogP contribution in [0.4, 0.5) is 0 Å². The van der Waals surface area contributed by atoms with Crippen LogP contribution in [0.2, 0.25) is 13.1 Å². The van der Waals surface area contributed by atoms with Crippen molar-refractivity contribution in [3.8, 4) is 50.3 Å². The Morgan fingerprint density at radius 3 is 1.78 bits per heavy atom. The molecule has 8 aromatic rings. The number of benzene rings is 7. The van der Waals surface area contributed by atoms with Crippen LogP contribution in [0.1, 0.15) is 68.2 Å². The van der Waals surface area contributed by atoms with Crippen LogP contribution >= 0.6 is 0 Å². The molecule has 0 spiro atoms. The molecule has 320 valence electrons. The molecule has 0 saturated carbocycles. The number of aryl methyl sites for hydroxylation is 1. The third-order valence-electron chi connectivity index (χ3n) is 12.7. The molecule has 1 nitrogen and oxygen atoms in total. The second kappa shape index (κ2) is 22.1. The quantitative estimate of drug-likeness (QED) is 0.0636. The van der Waals surface area contributed by atoms with Crippen molar-refractivity contribution in [2.24, 2.45) is 0 Å². The number of fused-ring (bicyclic) bond motifs is 2. The zero-order valence-electron chi connectivity index (χ0n) is 38.7. The smallest absolute Gasteiger partial charge is 0.496 e. The molecule has 0 saturated heterocycles. The zero-order valence-corrected chi connectivity index (χ0v) is 42.1. The van der Waals surface area contributed by atoms with Crippen molar-refractivity contribution in [3.63, 3.8) is 0 Å². The molecule has 0 aromatic heterocycles. The van der Waals surface area contributed by atoms with Crippen molar-refractivity contribution >= 4 is 36.4 Å². The molecule has 64 heavy (non-hydrogen) atoms. The minimum absolute atomic E-state index is 0. The minimum Gasteiger partial charge on any atom is -0.496 e. The van der Waals surface area contributed by atoms with Gasteiger partial charge in [-0.15, -0.1) is 39.1 Å². The van der Waals surface area contributed by atoms with E-state index in [2.05, 4.69) is 209 Å². The van der Waals surface area contributed by atoms with Crippen molar-refractivity contribution in [2.45, 2.75) is 70.9 Å². The van der Waals surface area contributed by atoms with Crippen LogP contribution in [-0.2, 0) is 38.0 Å². The summed E-state index contributed by atoms with van der Waals surface area (Å²) in [6.07, 6.45) is 9.61. The Morgan fingerprint density at radius 1 is 0.578 bits per heavy atom. The van der Waals surface area contributed by atoms with Crippen LogP contribution in [0.3, 0.4) is 0 Å². The molecule has 0 N–H and O–H groups in total. The number of allylic oxidation sites excluding steroid dienone is 1. The fourth-order valence-electron chi connectivity index (χ4n) is 9.78. The van der Waals surface area contributed by atoms with E-state index in [-0.39, 0.29) is 39.0 Å². The van der Waals surface area contributed by atoms with E-state index in [1.807, 2.05) is 0 Å². The van der Waals surface area contributed by atoms with Crippen LogP contribution in [0.5, 0.6) is 5.75 Å². The second-order valence-electron chi connectivity index (χ2n) is 16.9. The standard InChI is InChI=1S/C32H30OSi.C28H29.CH3.Zr/c1-5-22-21-28-25(17-12-18-27(28)32(22)34(3)4)26-19-20-29(33-2)31(24-15-10-7-11-16-24)30(26)23-13-8-6-9-14-23;1-3-4-5-13-20-28(2)26-19-12-9-16-23(26)21-27(28)25-18-11-10-17-24(25)22-14-7-6-8-15-22;;/h6-21H,5H2,1-4H3;6-12,14-19,21H,2-5,13,20H2,1H3;1H3;/q3*-1;+3. The summed E-state index contributed by atoms with van der Waals surface area (Å²) in [4.78, 5) is 0. The summed E-state index contributed by atoms with van der Waals surface area (Å²) in [6, 6.07) is 63.3. The third-order valence-corrected chi connectivity index (χ3v) is 14.3. The van der Waals surface area contributed by atoms with Gasteiger partial charge in [-0.05, 0) is 51.4 Å². The van der Waals surface area contributed by atoms with E-state index >= 15 is 0 Å². The van der Waals surface area contributed by atoms with Gasteiger partial charge in [0, 0.05) is 19.9 Å². The average molecular weight is 930 g/mol. The average Bonchev–Trinajstić information content (AvgIpc) is 3.86. The van der Waals surface area contributed by atoms with Gasteiger partial charge in [-0.2, -0.15) is 6.07 Å². The fraction of sp³-hybridized carbons (Fsp3) is 0.197. The number of rotatable bonds is 13. The van der Waals surface area contributed by atoms with E-state index in [9.17, 15) is 0 Å². The summed E-state index contributed by atoms with van der Waals surface area (Å²) in [6.45, 7) is 14.2. The van der Waals surface area contributed by atoms with Gasteiger partial charge in [0.15, 0.2) is 0 Å². The summed E-state index contributed by atoms with van der Waals surface area (Å²) in [7, 11) is 1.19. The molecule has 1 unspecified atom stereocenters. The van der Waals surface area contributed by atoms with E-state index in [1.54, 1.807) is 12.3 Å². The Kier molecular flexibility index (Phi) is 16.7. The van der Waals surface area contributed by atoms with Gasteiger partial charge in [0.1, 0.15) is 5.75 Å².